The number of carbonyl (C=O) groups is 1. The zero-order chi connectivity index (χ0) is 7.11. The molecule has 0 rings (SSSR count). The molecule has 0 amide bonds. The molecule has 0 fully saturated rings. The van der Waals surface area contributed by atoms with Gasteiger partial charge in [-0.05, 0) is 6.42 Å². The van der Waals surface area contributed by atoms with Crippen LogP contribution in [0.4, 0.5) is 0 Å². The highest BCUT2D eigenvalue weighted by Crippen LogP contribution is 1.98. The van der Waals surface area contributed by atoms with Crippen LogP contribution in [0.5, 0.6) is 0 Å². The normalized spacial score (nSPS) is 9.00. The Morgan fingerprint density at radius 3 is 2.67 bits per heavy atom. The van der Waals surface area contributed by atoms with Crippen LogP contribution in [-0.2, 0) is 9.45 Å². The second-order valence-electron chi connectivity index (χ2n) is 1.95. The molecular weight excluding hydrogens is 115 g/mol. The van der Waals surface area contributed by atoms with Crippen molar-refractivity contribution in [2.75, 3.05) is 0 Å². The third kappa shape index (κ3) is 5.41. The van der Waals surface area contributed by atoms with E-state index in [1.54, 1.807) is 0 Å². The first-order chi connectivity index (χ1) is 4.31. The van der Waals surface area contributed by atoms with Crippen molar-refractivity contribution < 1.29 is 9.45 Å². The second-order valence-corrected chi connectivity index (χ2v) is 1.95. The number of rotatable bonds is 4. The Hall–Kier alpha value is -0.465. The topological polar surface area (TPSA) is 26.3 Å². The Morgan fingerprint density at radius 1 is 1.56 bits per heavy atom. The molecule has 2 radical (unpaired) electrons. The molecule has 0 aliphatic rings. The minimum absolute atomic E-state index is 0.316. The maximum absolute atomic E-state index is 10.3. The first-order valence-electron chi connectivity index (χ1n) is 3.20. The molecule has 0 heterocycles. The summed E-state index contributed by atoms with van der Waals surface area (Å²) in [7, 11) is 4.60. The zero-order valence-corrected chi connectivity index (χ0v) is 5.72. The van der Waals surface area contributed by atoms with Crippen molar-refractivity contribution in [3.8, 4) is 0 Å². The number of carbonyl (C=O) groups excluding carboxylic acids is 1. The first-order valence-corrected chi connectivity index (χ1v) is 3.20. The molecule has 0 bridgehead atoms. The van der Waals surface area contributed by atoms with Crippen LogP contribution in [0, 0.1) is 0 Å². The molecule has 0 aromatic carbocycles. The molecule has 0 atom stereocenters. The molecule has 0 spiro atoms. The number of hydrogen-bond acceptors (Lipinski definition) is 2. The van der Waals surface area contributed by atoms with Gasteiger partial charge in [-0.15, -0.1) is 0 Å². The van der Waals surface area contributed by atoms with Gasteiger partial charge in [0.2, 0.25) is 0 Å². The van der Waals surface area contributed by atoms with Crippen LogP contribution in [0.1, 0.15) is 32.6 Å². The highest BCUT2D eigenvalue weighted by atomic mass is 16.5. The van der Waals surface area contributed by atoms with E-state index in [4.69, 9.17) is 0 Å². The van der Waals surface area contributed by atoms with Gasteiger partial charge in [-0.25, -0.2) is 0 Å². The van der Waals surface area contributed by atoms with Crippen LogP contribution in [0.25, 0.3) is 0 Å². The van der Waals surface area contributed by atoms with Crippen molar-refractivity contribution in [3.05, 3.63) is 0 Å². The van der Waals surface area contributed by atoms with Crippen molar-refractivity contribution >= 4 is 14.0 Å². The molecule has 50 valence electrons. The third-order valence-electron chi connectivity index (χ3n) is 1.12. The van der Waals surface area contributed by atoms with E-state index in [0.717, 1.165) is 19.3 Å². The molecular formula is C6H11BO2. The lowest BCUT2D eigenvalue weighted by Crippen LogP contribution is -1.99. The maximum Gasteiger partial charge on any atom is 0.378 e. The van der Waals surface area contributed by atoms with Gasteiger partial charge >= 0.3 is 8.05 Å². The van der Waals surface area contributed by atoms with E-state index in [0.29, 0.717) is 6.42 Å². The minimum Gasteiger partial charge on any atom is -0.543 e. The molecule has 9 heavy (non-hydrogen) atoms. The quantitative estimate of drug-likeness (QED) is 0.417. The number of unbranched alkanes of at least 4 members (excludes halogenated alkanes) is 2. The summed E-state index contributed by atoms with van der Waals surface area (Å²) in [4.78, 5) is 10.3. The van der Waals surface area contributed by atoms with Gasteiger partial charge < -0.3 is 4.65 Å². The van der Waals surface area contributed by atoms with Gasteiger partial charge in [-0.2, -0.15) is 0 Å². The molecule has 0 N–H and O–H groups in total. The third-order valence-corrected chi connectivity index (χ3v) is 1.12. The van der Waals surface area contributed by atoms with E-state index >= 15 is 0 Å². The molecule has 0 aromatic heterocycles. The van der Waals surface area contributed by atoms with Crippen molar-refractivity contribution in [3.63, 3.8) is 0 Å². The summed E-state index contributed by atoms with van der Waals surface area (Å²) in [6.07, 6.45) is 3.50. The van der Waals surface area contributed by atoms with E-state index in [9.17, 15) is 4.79 Å². The summed E-state index contributed by atoms with van der Waals surface area (Å²) in [6, 6.07) is 0. The van der Waals surface area contributed by atoms with Gasteiger partial charge in [-0.1, -0.05) is 19.8 Å². The molecule has 2 nitrogen and oxygen atoms in total. The predicted octanol–water partition coefficient (Wildman–Crippen LogP) is 1.19. The van der Waals surface area contributed by atoms with Crippen LogP contribution < -0.4 is 0 Å². The SMILES string of the molecule is [B]OC(=O)CCCCC. The molecule has 0 unspecified atom stereocenters. The minimum atomic E-state index is -0.316. The van der Waals surface area contributed by atoms with E-state index in [2.05, 4.69) is 19.6 Å². The van der Waals surface area contributed by atoms with Crippen molar-refractivity contribution in [1.82, 2.24) is 0 Å². The average Bonchev–Trinajstić information content (AvgIpc) is 1.89. The summed E-state index contributed by atoms with van der Waals surface area (Å²) in [6.45, 7) is 2.08. The largest absolute Gasteiger partial charge is 0.543 e. The fourth-order valence-electron chi connectivity index (χ4n) is 0.578. The lowest BCUT2D eigenvalue weighted by Gasteiger charge is -1.96. The molecule has 0 aromatic rings. The first kappa shape index (κ1) is 8.53. The summed E-state index contributed by atoms with van der Waals surface area (Å²) in [5.74, 6) is -0.316. The van der Waals surface area contributed by atoms with E-state index in [-0.39, 0.29) is 5.97 Å². The molecule has 0 saturated carbocycles. The Bertz CT molecular complexity index is 83.1. The fourth-order valence-corrected chi connectivity index (χ4v) is 0.578. The lowest BCUT2D eigenvalue weighted by molar-refractivity contribution is -0.134. The van der Waals surface area contributed by atoms with Crippen molar-refractivity contribution in [2.45, 2.75) is 32.6 Å². The highest BCUT2D eigenvalue weighted by Gasteiger charge is 1.96. The van der Waals surface area contributed by atoms with Gasteiger partial charge in [0.1, 0.15) is 0 Å². The van der Waals surface area contributed by atoms with Crippen LogP contribution >= 0.6 is 0 Å². The number of hydrogen-bond donors (Lipinski definition) is 0. The van der Waals surface area contributed by atoms with Crippen LogP contribution in [-0.4, -0.2) is 14.0 Å². The van der Waals surface area contributed by atoms with Gasteiger partial charge in [0, 0.05) is 6.42 Å². The molecule has 0 saturated heterocycles. The van der Waals surface area contributed by atoms with Gasteiger partial charge in [0.25, 0.3) is 5.97 Å². The van der Waals surface area contributed by atoms with Crippen LogP contribution in [0.3, 0.4) is 0 Å². The fraction of sp³-hybridized carbons (Fsp3) is 0.833. The average molecular weight is 126 g/mol. The zero-order valence-electron chi connectivity index (χ0n) is 5.72. The Kier molecular flexibility index (Phi) is 5.37. The molecule has 3 heteroatoms. The van der Waals surface area contributed by atoms with E-state index < -0.39 is 0 Å². The Balaban J connectivity index is 2.97. The van der Waals surface area contributed by atoms with Crippen molar-refractivity contribution in [2.24, 2.45) is 0 Å². The summed E-state index contributed by atoms with van der Waals surface area (Å²) in [5, 5.41) is 0. The highest BCUT2D eigenvalue weighted by molar-refractivity contribution is 6.05. The second kappa shape index (κ2) is 5.67. The molecule has 0 aliphatic heterocycles. The van der Waals surface area contributed by atoms with Crippen molar-refractivity contribution in [1.29, 1.82) is 0 Å². The van der Waals surface area contributed by atoms with Crippen LogP contribution in [0.15, 0.2) is 0 Å². The van der Waals surface area contributed by atoms with Gasteiger partial charge in [0.05, 0.1) is 0 Å². The summed E-state index contributed by atoms with van der Waals surface area (Å²) >= 11 is 0. The van der Waals surface area contributed by atoms with Gasteiger partial charge in [-0.3, -0.25) is 4.79 Å². The molecule has 0 aliphatic carbocycles. The maximum atomic E-state index is 10.3. The monoisotopic (exact) mass is 126 g/mol. The summed E-state index contributed by atoms with van der Waals surface area (Å²) in [5.41, 5.74) is 0. The Labute approximate surface area is 57.0 Å². The lowest BCUT2D eigenvalue weighted by atomic mass is 10.2. The summed E-state index contributed by atoms with van der Waals surface area (Å²) < 4.78 is 3.96. The van der Waals surface area contributed by atoms with Gasteiger partial charge in [0.15, 0.2) is 0 Å². The van der Waals surface area contributed by atoms with Crippen LogP contribution in [0.2, 0.25) is 0 Å². The van der Waals surface area contributed by atoms with E-state index in [1.165, 1.54) is 0 Å². The standard InChI is InChI=1S/C6H11BO2/c1-2-3-4-5-6(8)9-7/h2-5H2,1H3. The Morgan fingerprint density at radius 2 is 2.22 bits per heavy atom. The smallest absolute Gasteiger partial charge is 0.378 e. The van der Waals surface area contributed by atoms with E-state index in [1.807, 2.05) is 0 Å². The predicted molar refractivity (Wildman–Crippen MR) is 36.0 cm³/mol.